The fourth-order valence-electron chi connectivity index (χ4n) is 3.77. The van der Waals surface area contributed by atoms with Crippen molar-refractivity contribution in [2.75, 3.05) is 0 Å². The normalized spacial score (nSPS) is 21.2. The number of carbonyl (C=O) groups is 2. The third kappa shape index (κ3) is 3.63. The molecule has 0 radical (unpaired) electrons. The van der Waals surface area contributed by atoms with Crippen molar-refractivity contribution in [1.82, 2.24) is 0 Å². The van der Waals surface area contributed by atoms with Crippen molar-refractivity contribution in [2.24, 2.45) is 17.6 Å². The molecule has 0 aromatic heterocycles. The fraction of sp³-hybridized carbons (Fsp3) is 0.333. The second-order valence-corrected chi connectivity index (χ2v) is 7.05. The number of carboxylic acids is 2. The molecular weight excluding hydrogens is 330 g/mol. The smallest absolute Gasteiger partial charge is 0.323 e. The third-order valence-corrected chi connectivity index (χ3v) is 5.42. The molecule has 0 heterocycles. The van der Waals surface area contributed by atoms with E-state index in [2.05, 4.69) is 0 Å². The van der Waals surface area contributed by atoms with Crippen LogP contribution in [0.2, 0.25) is 0 Å². The molecule has 2 aromatic rings. The molecule has 1 aliphatic rings. The Morgan fingerprint density at radius 2 is 1.50 bits per heavy atom. The van der Waals surface area contributed by atoms with Crippen LogP contribution < -0.4 is 5.73 Å². The Morgan fingerprint density at radius 1 is 1.00 bits per heavy atom. The molecular formula is C21H23NO4. The fourth-order valence-corrected chi connectivity index (χ4v) is 3.77. The lowest BCUT2D eigenvalue weighted by Gasteiger charge is -2.28. The quantitative estimate of drug-likeness (QED) is 0.677. The first-order valence-electron chi connectivity index (χ1n) is 8.78. The number of carboxylic acid groups (broad SMARTS) is 2. The molecule has 136 valence electrons. The number of aliphatic carboxylic acids is 2. The van der Waals surface area contributed by atoms with Gasteiger partial charge in [0, 0.05) is 11.8 Å². The van der Waals surface area contributed by atoms with E-state index in [-0.39, 0.29) is 12.3 Å². The van der Waals surface area contributed by atoms with Crippen LogP contribution in [0.3, 0.4) is 0 Å². The maximum atomic E-state index is 11.8. The summed E-state index contributed by atoms with van der Waals surface area (Å²) < 4.78 is 0. The second kappa shape index (κ2) is 7.30. The lowest BCUT2D eigenvalue weighted by molar-refractivity contribution is -0.145. The lowest BCUT2D eigenvalue weighted by atomic mass is 9.80. The highest BCUT2D eigenvalue weighted by Crippen LogP contribution is 2.48. The van der Waals surface area contributed by atoms with Crippen molar-refractivity contribution in [2.45, 2.75) is 30.7 Å². The number of benzene rings is 2. The van der Waals surface area contributed by atoms with Crippen LogP contribution in [-0.4, -0.2) is 27.7 Å². The first-order chi connectivity index (χ1) is 12.4. The summed E-state index contributed by atoms with van der Waals surface area (Å²) in [5.74, 6) is -3.23. The van der Waals surface area contributed by atoms with Gasteiger partial charge in [-0.15, -0.1) is 0 Å². The molecule has 1 fully saturated rings. The van der Waals surface area contributed by atoms with E-state index in [1.165, 1.54) is 0 Å². The van der Waals surface area contributed by atoms with Gasteiger partial charge in [0.1, 0.15) is 5.54 Å². The maximum Gasteiger partial charge on any atom is 0.323 e. The summed E-state index contributed by atoms with van der Waals surface area (Å²) in [4.78, 5) is 23.0. The second-order valence-electron chi connectivity index (χ2n) is 7.05. The molecule has 0 spiro atoms. The van der Waals surface area contributed by atoms with Crippen molar-refractivity contribution >= 4 is 11.9 Å². The Bertz CT molecular complexity index is 738. The molecule has 0 amide bonds. The number of hydrogen-bond donors (Lipinski definition) is 3. The molecule has 3 atom stereocenters. The molecule has 3 unspecified atom stereocenters. The summed E-state index contributed by atoms with van der Waals surface area (Å²) in [7, 11) is 0. The molecule has 0 saturated heterocycles. The standard InChI is InChI=1S/C21H23NO4/c22-21(20(25)26,18-13-17(18)19(23)24)12-11-16(14-7-3-1-4-8-14)15-9-5-2-6-10-15/h1-10,16-18H,11-13,22H2,(H,23,24)(H,25,26). The summed E-state index contributed by atoms with van der Waals surface area (Å²) in [6.07, 6.45) is 1.10. The van der Waals surface area contributed by atoms with Crippen LogP contribution >= 0.6 is 0 Å². The first-order valence-corrected chi connectivity index (χ1v) is 8.78. The zero-order valence-corrected chi connectivity index (χ0v) is 14.4. The topological polar surface area (TPSA) is 101 Å². The van der Waals surface area contributed by atoms with Gasteiger partial charge in [-0.25, -0.2) is 0 Å². The van der Waals surface area contributed by atoms with Crippen LogP contribution in [0, 0.1) is 11.8 Å². The van der Waals surface area contributed by atoms with E-state index in [0.717, 1.165) is 11.1 Å². The SMILES string of the molecule is NC(CCC(c1ccccc1)c1ccccc1)(C(=O)O)C1CC1C(=O)O. The zero-order chi connectivity index (χ0) is 18.7. The van der Waals surface area contributed by atoms with Crippen LogP contribution in [0.1, 0.15) is 36.3 Å². The van der Waals surface area contributed by atoms with Crippen LogP contribution in [0.4, 0.5) is 0 Å². The van der Waals surface area contributed by atoms with Gasteiger partial charge in [0.25, 0.3) is 0 Å². The van der Waals surface area contributed by atoms with E-state index >= 15 is 0 Å². The Morgan fingerprint density at radius 3 is 1.88 bits per heavy atom. The molecule has 1 saturated carbocycles. The highest BCUT2D eigenvalue weighted by atomic mass is 16.4. The van der Waals surface area contributed by atoms with Crippen molar-refractivity contribution < 1.29 is 19.8 Å². The van der Waals surface area contributed by atoms with Crippen LogP contribution in [0.25, 0.3) is 0 Å². The van der Waals surface area contributed by atoms with Gasteiger partial charge in [-0.05, 0) is 30.4 Å². The average molecular weight is 353 g/mol. The molecule has 26 heavy (non-hydrogen) atoms. The third-order valence-electron chi connectivity index (χ3n) is 5.42. The predicted octanol–water partition coefficient (Wildman–Crippen LogP) is 3.10. The van der Waals surface area contributed by atoms with E-state index in [0.29, 0.717) is 12.8 Å². The molecule has 2 aromatic carbocycles. The zero-order valence-electron chi connectivity index (χ0n) is 14.4. The monoisotopic (exact) mass is 353 g/mol. The van der Waals surface area contributed by atoms with Crippen molar-refractivity contribution in [1.29, 1.82) is 0 Å². The largest absolute Gasteiger partial charge is 0.481 e. The van der Waals surface area contributed by atoms with Gasteiger partial charge in [0.15, 0.2) is 0 Å². The van der Waals surface area contributed by atoms with E-state index in [9.17, 15) is 14.7 Å². The molecule has 4 N–H and O–H groups in total. The van der Waals surface area contributed by atoms with Gasteiger partial charge in [-0.2, -0.15) is 0 Å². The van der Waals surface area contributed by atoms with Gasteiger partial charge >= 0.3 is 11.9 Å². The van der Waals surface area contributed by atoms with Crippen molar-refractivity contribution in [3.05, 3.63) is 71.8 Å². The minimum Gasteiger partial charge on any atom is -0.481 e. The average Bonchev–Trinajstić information content (AvgIpc) is 3.45. The molecule has 5 heteroatoms. The van der Waals surface area contributed by atoms with Crippen LogP contribution in [0.5, 0.6) is 0 Å². The Labute approximate surface area is 152 Å². The first kappa shape index (κ1) is 18.1. The summed E-state index contributed by atoms with van der Waals surface area (Å²) >= 11 is 0. The molecule has 1 aliphatic carbocycles. The highest BCUT2D eigenvalue weighted by Gasteiger charge is 2.58. The summed E-state index contributed by atoms with van der Waals surface area (Å²) in [5, 5.41) is 18.8. The summed E-state index contributed by atoms with van der Waals surface area (Å²) in [5.41, 5.74) is 6.90. The van der Waals surface area contributed by atoms with Gasteiger partial charge in [-0.3, -0.25) is 9.59 Å². The van der Waals surface area contributed by atoms with E-state index < -0.39 is 29.3 Å². The van der Waals surface area contributed by atoms with Gasteiger partial charge in [0.05, 0.1) is 5.92 Å². The Hall–Kier alpha value is -2.66. The molecule has 0 bridgehead atoms. The minimum atomic E-state index is -1.51. The van der Waals surface area contributed by atoms with Crippen molar-refractivity contribution in [3.63, 3.8) is 0 Å². The number of nitrogens with two attached hydrogens (primary N) is 1. The lowest BCUT2D eigenvalue weighted by Crippen LogP contribution is -2.51. The van der Waals surface area contributed by atoms with Crippen LogP contribution in [0.15, 0.2) is 60.7 Å². The molecule has 3 rings (SSSR count). The summed E-state index contributed by atoms with van der Waals surface area (Å²) in [6, 6.07) is 19.8. The highest BCUT2D eigenvalue weighted by molar-refractivity contribution is 5.83. The number of rotatable bonds is 8. The summed E-state index contributed by atoms with van der Waals surface area (Å²) in [6.45, 7) is 0. The Kier molecular flexibility index (Phi) is 5.09. The predicted molar refractivity (Wildman–Crippen MR) is 97.7 cm³/mol. The van der Waals surface area contributed by atoms with Gasteiger partial charge in [-0.1, -0.05) is 60.7 Å². The minimum absolute atomic E-state index is 0.0155. The maximum absolute atomic E-state index is 11.8. The van der Waals surface area contributed by atoms with Crippen molar-refractivity contribution in [3.8, 4) is 0 Å². The van der Waals surface area contributed by atoms with E-state index in [1.54, 1.807) is 0 Å². The van der Waals surface area contributed by atoms with Gasteiger partial charge < -0.3 is 15.9 Å². The van der Waals surface area contributed by atoms with Crippen LogP contribution in [-0.2, 0) is 9.59 Å². The van der Waals surface area contributed by atoms with E-state index in [4.69, 9.17) is 10.8 Å². The Balaban J connectivity index is 1.83. The number of hydrogen-bond acceptors (Lipinski definition) is 3. The molecule has 5 nitrogen and oxygen atoms in total. The van der Waals surface area contributed by atoms with Gasteiger partial charge in [0.2, 0.25) is 0 Å². The molecule has 0 aliphatic heterocycles. The van der Waals surface area contributed by atoms with E-state index in [1.807, 2.05) is 60.7 Å².